The number of halogens is 1. The predicted molar refractivity (Wildman–Crippen MR) is 112 cm³/mol. The van der Waals surface area contributed by atoms with Crippen LogP contribution in [0, 0.1) is 5.41 Å². The minimum Gasteiger partial charge on any atom is -0.360 e. The zero-order valence-electron chi connectivity index (χ0n) is 16.1. The number of carbonyl (C=O) groups is 1. The molecule has 0 aliphatic heterocycles. The summed E-state index contributed by atoms with van der Waals surface area (Å²) in [6.45, 7) is 5.68. The van der Waals surface area contributed by atoms with Crippen molar-refractivity contribution in [3.05, 3.63) is 73.9 Å². The quantitative estimate of drug-likeness (QED) is 0.420. The molecule has 0 radical (unpaired) electrons. The minimum absolute atomic E-state index is 0.0850. The third kappa shape index (κ3) is 4.60. The van der Waals surface area contributed by atoms with Crippen molar-refractivity contribution in [3.63, 3.8) is 0 Å². The number of amides is 1. The molecule has 1 amide bonds. The van der Waals surface area contributed by atoms with Gasteiger partial charge in [-0.2, -0.15) is 0 Å². The number of nitrogens with one attached hydrogen (secondary N) is 3. The van der Waals surface area contributed by atoms with E-state index in [0.717, 1.165) is 0 Å². The maximum atomic E-state index is 12.6. The maximum absolute atomic E-state index is 12.6. The van der Waals surface area contributed by atoms with Crippen molar-refractivity contribution < 1.29 is 4.79 Å². The molecule has 9 heteroatoms. The molecule has 3 aromatic rings. The van der Waals surface area contributed by atoms with E-state index in [4.69, 9.17) is 11.6 Å². The van der Waals surface area contributed by atoms with Crippen molar-refractivity contribution in [3.8, 4) is 0 Å². The first kappa shape index (κ1) is 20.5. The van der Waals surface area contributed by atoms with Gasteiger partial charge in [0.25, 0.3) is 16.8 Å². The fourth-order valence-electron chi connectivity index (χ4n) is 2.60. The molecule has 3 rings (SSSR count). The third-order valence-electron chi connectivity index (χ3n) is 4.24. The van der Waals surface area contributed by atoms with Crippen LogP contribution in [0.5, 0.6) is 0 Å². The Balaban J connectivity index is 1.83. The van der Waals surface area contributed by atoms with Crippen LogP contribution in [0.1, 0.15) is 31.1 Å². The molecule has 1 heterocycles. The van der Waals surface area contributed by atoms with E-state index in [1.807, 2.05) is 20.8 Å². The van der Waals surface area contributed by atoms with Crippen molar-refractivity contribution in [2.75, 3.05) is 10.6 Å². The van der Waals surface area contributed by atoms with Crippen molar-refractivity contribution in [1.29, 1.82) is 0 Å². The lowest BCUT2D eigenvalue weighted by Gasteiger charge is -2.33. The average molecular weight is 414 g/mol. The Hall–Kier alpha value is -3.26. The van der Waals surface area contributed by atoms with Gasteiger partial charge < -0.3 is 16.0 Å². The van der Waals surface area contributed by atoms with Gasteiger partial charge in [-0.25, -0.2) is 4.98 Å². The number of carbonyl (C=O) groups excluding carboxylic acids is 1. The number of hydrogen-bond acceptors (Lipinski definition) is 7. The predicted octanol–water partition coefficient (Wildman–Crippen LogP) is 2.68. The summed E-state index contributed by atoms with van der Waals surface area (Å²) in [5.41, 5.74) is -1.24. The van der Waals surface area contributed by atoms with Crippen LogP contribution in [0.4, 0.5) is 17.2 Å². The Kier molecular flexibility index (Phi) is 5.65. The first-order valence-electron chi connectivity index (χ1n) is 8.86. The van der Waals surface area contributed by atoms with Gasteiger partial charge in [0.1, 0.15) is 23.4 Å². The van der Waals surface area contributed by atoms with Gasteiger partial charge in [-0.05, 0) is 18.2 Å². The molecule has 0 bridgehead atoms. The smallest absolute Gasteiger partial charge is 0.253 e. The molecule has 0 aliphatic carbocycles. The summed E-state index contributed by atoms with van der Waals surface area (Å²) in [6, 6.07) is 6.54. The molecule has 1 aromatic heterocycles. The summed E-state index contributed by atoms with van der Waals surface area (Å²) < 4.78 is 0. The highest BCUT2D eigenvalue weighted by atomic mass is 35.5. The second-order valence-corrected chi connectivity index (χ2v) is 7.99. The second-order valence-electron chi connectivity index (χ2n) is 7.55. The highest BCUT2D eigenvalue weighted by Crippen LogP contribution is 2.25. The molecule has 0 spiro atoms. The van der Waals surface area contributed by atoms with Crippen LogP contribution in [-0.2, 0) is 0 Å². The molecule has 0 saturated carbocycles. The molecule has 1 unspecified atom stereocenters. The van der Waals surface area contributed by atoms with E-state index in [-0.39, 0.29) is 17.3 Å². The highest BCUT2D eigenvalue weighted by molar-refractivity contribution is 6.30. The number of rotatable bonds is 6. The van der Waals surface area contributed by atoms with Crippen molar-refractivity contribution in [2.24, 2.45) is 5.41 Å². The Morgan fingerprint density at radius 1 is 1.10 bits per heavy atom. The van der Waals surface area contributed by atoms with Gasteiger partial charge in [-0.3, -0.25) is 19.4 Å². The zero-order valence-corrected chi connectivity index (χ0v) is 16.9. The van der Waals surface area contributed by atoms with Crippen LogP contribution in [0.3, 0.4) is 0 Å². The monoisotopic (exact) mass is 413 g/mol. The number of benzene rings is 1. The van der Waals surface area contributed by atoms with Crippen LogP contribution >= 0.6 is 11.6 Å². The molecule has 8 nitrogen and oxygen atoms in total. The van der Waals surface area contributed by atoms with Gasteiger partial charge in [0, 0.05) is 28.4 Å². The molecule has 0 aliphatic rings. The van der Waals surface area contributed by atoms with Gasteiger partial charge in [0.2, 0.25) is 0 Å². The summed E-state index contributed by atoms with van der Waals surface area (Å²) >= 11 is 5.96. The standard InChI is InChI=1S/C20H20ClN5O3/c1-20(2,3)19(26-18(29)11-5-4-6-12(21)9-11)25-15-14(16(27)17(15)28)24-13-10-22-7-8-23-13/h4-10,19,25H,1-3H3,(H,23,24)(H,26,29). The fourth-order valence-corrected chi connectivity index (χ4v) is 2.79. The Morgan fingerprint density at radius 3 is 2.45 bits per heavy atom. The van der Waals surface area contributed by atoms with Crippen LogP contribution in [0.15, 0.2) is 52.4 Å². The van der Waals surface area contributed by atoms with Crippen LogP contribution in [0.2, 0.25) is 5.02 Å². The maximum Gasteiger partial charge on any atom is 0.253 e. The van der Waals surface area contributed by atoms with E-state index in [0.29, 0.717) is 16.4 Å². The molecule has 3 N–H and O–H groups in total. The second kappa shape index (κ2) is 8.00. The topological polar surface area (TPSA) is 113 Å². The molecule has 1 atom stereocenters. The van der Waals surface area contributed by atoms with Crippen molar-refractivity contribution >= 4 is 34.7 Å². The molecular formula is C20H20ClN5O3. The highest BCUT2D eigenvalue weighted by Gasteiger charge is 2.31. The Morgan fingerprint density at radius 2 is 1.83 bits per heavy atom. The van der Waals surface area contributed by atoms with Gasteiger partial charge >= 0.3 is 0 Å². The van der Waals surface area contributed by atoms with E-state index in [1.165, 1.54) is 18.6 Å². The largest absolute Gasteiger partial charge is 0.360 e. The summed E-state index contributed by atoms with van der Waals surface area (Å²) in [7, 11) is 0. The van der Waals surface area contributed by atoms with Crippen LogP contribution < -0.4 is 26.8 Å². The summed E-state index contributed by atoms with van der Waals surface area (Å²) in [4.78, 5) is 44.8. The fraction of sp³-hybridized carbons (Fsp3) is 0.250. The van der Waals surface area contributed by atoms with E-state index in [9.17, 15) is 14.4 Å². The molecular weight excluding hydrogens is 394 g/mol. The summed E-state index contributed by atoms with van der Waals surface area (Å²) in [5, 5.41) is 9.09. The van der Waals surface area contributed by atoms with E-state index < -0.39 is 22.4 Å². The van der Waals surface area contributed by atoms with E-state index >= 15 is 0 Å². The Bertz CT molecular complexity index is 1100. The van der Waals surface area contributed by atoms with Gasteiger partial charge in [0.05, 0.1) is 6.20 Å². The molecule has 0 saturated heterocycles. The summed E-state index contributed by atoms with van der Waals surface area (Å²) in [5.74, 6) is -0.0278. The minimum atomic E-state index is -0.664. The average Bonchev–Trinajstić information content (AvgIpc) is 2.69. The first-order valence-corrected chi connectivity index (χ1v) is 9.24. The lowest BCUT2D eigenvalue weighted by Crippen LogP contribution is -2.51. The van der Waals surface area contributed by atoms with Gasteiger partial charge in [-0.1, -0.05) is 38.4 Å². The SMILES string of the molecule is CC(C)(C)C(NC(=O)c1cccc(Cl)c1)Nc1c(Nc2cnccn2)c(=O)c1=O. The van der Waals surface area contributed by atoms with Crippen molar-refractivity contribution in [2.45, 2.75) is 26.9 Å². The van der Waals surface area contributed by atoms with Crippen LogP contribution in [0.25, 0.3) is 0 Å². The lowest BCUT2D eigenvalue weighted by molar-refractivity contribution is 0.0913. The number of anilines is 3. The molecule has 150 valence electrons. The van der Waals surface area contributed by atoms with Gasteiger partial charge in [0.15, 0.2) is 0 Å². The molecule has 29 heavy (non-hydrogen) atoms. The van der Waals surface area contributed by atoms with E-state index in [2.05, 4.69) is 25.9 Å². The van der Waals surface area contributed by atoms with Crippen molar-refractivity contribution in [1.82, 2.24) is 15.3 Å². The number of aromatic nitrogens is 2. The number of nitrogens with zero attached hydrogens (tertiary/aromatic N) is 2. The molecule has 2 aromatic carbocycles. The van der Waals surface area contributed by atoms with Gasteiger partial charge in [-0.15, -0.1) is 0 Å². The number of hydrogen-bond donors (Lipinski definition) is 3. The molecule has 0 fully saturated rings. The van der Waals surface area contributed by atoms with Crippen LogP contribution in [-0.4, -0.2) is 22.0 Å². The lowest BCUT2D eigenvalue weighted by atomic mass is 9.91. The normalized spacial score (nSPS) is 12.4. The van der Waals surface area contributed by atoms with E-state index in [1.54, 1.807) is 24.3 Å². The third-order valence-corrected chi connectivity index (χ3v) is 4.48. The first-order chi connectivity index (χ1) is 13.7. The zero-order chi connectivity index (χ0) is 21.2. The Labute approximate surface area is 172 Å². The summed E-state index contributed by atoms with van der Waals surface area (Å²) in [6.07, 6.45) is 3.75.